The molecule has 1 aromatic carbocycles. The van der Waals surface area contributed by atoms with Gasteiger partial charge in [0.2, 0.25) is 5.91 Å². The standard InChI is InChI=1S/C15H20N2O3/c1-15(2,3)12(16)13(18)17-8-10(14(19)20)9-6-4-5-7-11(9)17/h4-7,10,12H,8,16H2,1-3H3,(H,19,20)/t10?,12-/m0/s1. The molecule has 0 aromatic heterocycles. The van der Waals surface area contributed by atoms with Crippen LogP contribution in [0.2, 0.25) is 0 Å². The van der Waals surface area contributed by atoms with E-state index in [1.807, 2.05) is 20.8 Å². The quantitative estimate of drug-likeness (QED) is 0.859. The second-order valence-corrected chi connectivity index (χ2v) is 6.24. The van der Waals surface area contributed by atoms with Crippen molar-refractivity contribution in [2.75, 3.05) is 11.4 Å². The van der Waals surface area contributed by atoms with E-state index in [1.165, 1.54) is 4.90 Å². The number of para-hydroxylation sites is 1. The van der Waals surface area contributed by atoms with Gasteiger partial charge in [-0.25, -0.2) is 0 Å². The van der Waals surface area contributed by atoms with Crippen LogP contribution < -0.4 is 10.6 Å². The Morgan fingerprint density at radius 3 is 2.50 bits per heavy atom. The summed E-state index contributed by atoms with van der Waals surface area (Å²) in [6.07, 6.45) is 0. The number of carbonyl (C=O) groups is 2. The van der Waals surface area contributed by atoms with Crippen LogP contribution in [-0.2, 0) is 9.59 Å². The molecule has 5 heteroatoms. The lowest BCUT2D eigenvalue weighted by atomic mass is 9.86. The number of benzene rings is 1. The topological polar surface area (TPSA) is 83.6 Å². The Labute approximate surface area is 118 Å². The molecule has 1 aromatic rings. The highest BCUT2D eigenvalue weighted by molar-refractivity contribution is 6.01. The van der Waals surface area contributed by atoms with Crippen molar-refractivity contribution < 1.29 is 14.7 Å². The summed E-state index contributed by atoms with van der Waals surface area (Å²) in [6, 6.07) is 6.44. The number of anilines is 1. The molecule has 1 unspecified atom stereocenters. The number of fused-ring (bicyclic) bond motifs is 1. The third kappa shape index (κ3) is 2.41. The van der Waals surface area contributed by atoms with Gasteiger partial charge in [-0.1, -0.05) is 39.0 Å². The van der Waals surface area contributed by atoms with Gasteiger partial charge in [0.15, 0.2) is 0 Å². The fourth-order valence-electron chi connectivity index (χ4n) is 2.37. The lowest BCUT2D eigenvalue weighted by Crippen LogP contribution is -2.50. The molecule has 5 nitrogen and oxygen atoms in total. The van der Waals surface area contributed by atoms with E-state index in [0.717, 1.165) is 0 Å². The van der Waals surface area contributed by atoms with Crippen LogP contribution in [0.3, 0.4) is 0 Å². The molecular weight excluding hydrogens is 256 g/mol. The van der Waals surface area contributed by atoms with E-state index in [9.17, 15) is 14.7 Å². The minimum atomic E-state index is -0.919. The highest BCUT2D eigenvalue weighted by Crippen LogP contribution is 2.37. The molecule has 20 heavy (non-hydrogen) atoms. The maximum atomic E-state index is 12.5. The number of nitrogens with zero attached hydrogens (tertiary/aromatic N) is 1. The molecule has 0 radical (unpaired) electrons. The van der Waals surface area contributed by atoms with Gasteiger partial charge >= 0.3 is 5.97 Å². The van der Waals surface area contributed by atoms with Crippen LogP contribution in [0.25, 0.3) is 0 Å². The maximum absolute atomic E-state index is 12.5. The smallest absolute Gasteiger partial charge is 0.312 e. The van der Waals surface area contributed by atoms with Gasteiger partial charge in [0.25, 0.3) is 0 Å². The van der Waals surface area contributed by atoms with E-state index >= 15 is 0 Å². The van der Waals surface area contributed by atoms with E-state index in [-0.39, 0.29) is 17.9 Å². The second-order valence-electron chi connectivity index (χ2n) is 6.24. The number of nitrogens with two attached hydrogens (primary N) is 1. The zero-order chi connectivity index (χ0) is 15.1. The number of hydrogen-bond donors (Lipinski definition) is 2. The van der Waals surface area contributed by atoms with Crippen molar-refractivity contribution >= 4 is 17.6 Å². The zero-order valence-corrected chi connectivity index (χ0v) is 12.0. The Morgan fingerprint density at radius 2 is 1.95 bits per heavy atom. The largest absolute Gasteiger partial charge is 0.481 e. The maximum Gasteiger partial charge on any atom is 0.312 e. The fourth-order valence-corrected chi connectivity index (χ4v) is 2.37. The summed E-state index contributed by atoms with van der Waals surface area (Å²) in [7, 11) is 0. The Hall–Kier alpha value is -1.88. The molecule has 1 aliphatic rings. The first kappa shape index (κ1) is 14.5. The van der Waals surface area contributed by atoms with Gasteiger partial charge in [0.1, 0.15) is 5.92 Å². The summed E-state index contributed by atoms with van der Waals surface area (Å²) in [5.41, 5.74) is 6.98. The Kier molecular flexibility index (Phi) is 3.56. The molecule has 2 rings (SSSR count). The van der Waals surface area contributed by atoms with Gasteiger partial charge < -0.3 is 15.7 Å². The normalized spacial score (nSPS) is 19.6. The van der Waals surface area contributed by atoms with E-state index in [2.05, 4.69) is 0 Å². The van der Waals surface area contributed by atoms with Gasteiger partial charge in [-0.2, -0.15) is 0 Å². The number of rotatable bonds is 2. The van der Waals surface area contributed by atoms with E-state index in [0.29, 0.717) is 11.3 Å². The number of amides is 1. The summed E-state index contributed by atoms with van der Waals surface area (Å²) in [4.78, 5) is 25.4. The Morgan fingerprint density at radius 1 is 1.35 bits per heavy atom. The molecule has 0 spiro atoms. The van der Waals surface area contributed by atoms with Crippen LogP contribution >= 0.6 is 0 Å². The molecule has 0 saturated carbocycles. The minimum Gasteiger partial charge on any atom is -0.481 e. The average Bonchev–Trinajstić information content (AvgIpc) is 2.75. The molecule has 108 valence electrons. The molecule has 1 heterocycles. The van der Waals surface area contributed by atoms with Crippen LogP contribution in [0.5, 0.6) is 0 Å². The van der Waals surface area contributed by atoms with E-state index in [4.69, 9.17) is 5.73 Å². The molecule has 0 bridgehead atoms. The summed E-state index contributed by atoms with van der Waals surface area (Å²) in [6.45, 7) is 5.84. The predicted molar refractivity (Wildman–Crippen MR) is 76.6 cm³/mol. The fraction of sp³-hybridized carbons (Fsp3) is 0.467. The number of aliphatic carboxylic acids is 1. The van der Waals surface area contributed by atoms with Gasteiger partial charge in [0, 0.05) is 12.2 Å². The summed E-state index contributed by atoms with van der Waals surface area (Å²) in [5.74, 6) is -1.83. The number of carboxylic acid groups (broad SMARTS) is 1. The predicted octanol–water partition coefficient (Wildman–Crippen LogP) is 1.57. The first-order valence-electron chi connectivity index (χ1n) is 6.62. The van der Waals surface area contributed by atoms with Crippen LogP contribution in [0.1, 0.15) is 32.3 Å². The molecule has 1 amide bonds. The molecular formula is C15H20N2O3. The molecule has 1 aliphatic heterocycles. The summed E-state index contributed by atoms with van der Waals surface area (Å²) >= 11 is 0. The van der Waals surface area contributed by atoms with Gasteiger partial charge in [-0.15, -0.1) is 0 Å². The monoisotopic (exact) mass is 276 g/mol. The lowest BCUT2D eigenvalue weighted by Gasteiger charge is -2.30. The van der Waals surface area contributed by atoms with Crippen molar-refractivity contribution in [3.8, 4) is 0 Å². The highest BCUT2D eigenvalue weighted by Gasteiger charge is 2.40. The highest BCUT2D eigenvalue weighted by atomic mass is 16.4. The van der Waals surface area contributed by atoms with Crippen LogP contribution in [0.4, 0.5) is 5.69 Å². The van der Waals surface area contributed by atoms with Crippen LogP contribution in [-0.4, -0.2) is 29.6 Å². The minimum absolute atomic E-state index is 0.150. The molecule has 3 N–H and O–H groups in total. The molecule has 0 fully saturated rings. The Bertz CT molecular complexity index is 548. The third-order valence-corrected chi connectivity index (χ3v) is 3.73. The summed E-state index contributed by atoms with van der Waals surface area (Å²) < 4.78 is 0. The average molecular weight is 276 g/mol. The van der Waals surface area contributed by atoms with Crippen molar-refractivity contribution in [2.24, 2.45) is 11.1 Å². The van der Waals surface area contributed by atoms with Crippen molar-refractivity contribution in [3.05, 3.63) is 29.8 Å². The van der Waals surface area contributed by atoms with Gasteiger partial charge in [0.05, 0.1) is 6.04 Å². The van der Waals surface area contributed by atoms with Crippen molar-refractivity contribution in [1.29, 1.82) is 0 Å². The zero-order valence-electron chi connectivity index (χ0n) is 12.0. The number of carbonyl (C=O) groups excluding carboxylic acids is 1. The van der Waals surface area contributed by atoms with E-state index < -0.39 is 17.9 Å². The van der Waals surface area contributed by atoms with Crippen LogP contribution in [0, 0.1) is 5.41 Å². The van der Waals surface area contributed by atoms with Crippen LogP contribution in [0.15, 0.2) is 24.3 Å². The number of carboxylic acids is 1. The van der Waals surface area contributed by atoms with Crippen molar-refractivity contribution in [3.63, 3.8) is 0 Å². The van der Waals surface area contributed by atoms with E-state index in [1.54, 1.807) is 24.3 Å². The summed E-state index contributed by atoms with van der Waals surface area (Å²) in [5, 5.41) is 9.29. The van der Waals surface area contributed by atoms with Crippen molar-refractivity contribution in [1.82, 2.24) is 0 Å². The first-order chi connectivity index (χ1) is 9.23. The second kappa shape index (κ2) is 4.90. The number of hydrogen-bond acceptors (Lipinski definition) is 3. The van der Waals surface area contributed by atoms with Gasteiger partial charge in [-0.3, -0.25) is 9.59 Å². The molecule has 0 saturated heterocycles. The molecule has 2 atom stereocenters. The molecule has 0 aliphatic carbocycles. The third-order valence-electron chi connectivity index (χ3n) is 3.73. The first-order valence-corrected chi connectivity index (χ1v) is 6.62. The lowest BCUT2D eigenvalue weighted by molar-refractivity contribution is -0.138. The van der Waals surface area contributed by atoms with Gasteiger partial charge in [-0.05, 0) is 17.0 Å². The SMILES string of the molecule is CC(C)(C)[C@@H](N)C(=O)N1CC(C(=O)O)c2ccccc21. The van der Waals surface area contributed by atoms with Crippen molar-refractivity contribution in [2.45, 2.75) is 32.7 Å². The Balaban J connectivity index is 2.36.